The maximum atomic E-state index is 14.6. The SMILES string of the molecule is O=C(O)C1CCC(C(=O)N2CC[C@@]3(S(=O)(=O)c4ccccc4)c4ccc(OCc5ccccc5)cc4CC[C@@H]23)CC1. The summed E-state index contributed by atoms with van der Waals surface area (Å²) >= 11 is 0. The van der Waals surface area contributed by atoms with Crippen molar-refractivity contribution in [2.75, 3.05) is 6.54 Å². The molecule has 7 nitrogen and oxygen atoms in total. The Morgan fingerprint density at radius 1 is 0.878 bits per heavy atom. The molecule has 0 unspecified atom stereocenters. The first-order chi connectivity index (χ1) is 19.8. The number of carbonyl (C=O) groups is 2. The predicted octanol–water partition coefficient (Wildman–Crippen LogP) is 5.37. The number of likely N-dealkylation sites (tertiary alicyclic amines) is 1. The molecule has 8 heteroatoms. The van der Waals surface area contributed by atoms with Gasteiger partial charge in [0.25, 0.3) is 0 Å². The first kappa shape index (κ1) is 27.5. The normalized spacial score (nSPS) is 25.7. The number of nitrogens with zero attached hydrogens (tertiary/aromatic N) is 1. The molecule has 0 bridgehead atoms. The highest BCUT2D eigenvalue weighted by molar-refractivity contribution is 7.92. The van der Waals surface area contributed by atoms with Crippen molar-refractivity contribution in [3.63, 3.8) is 0 Å². The minimum atomic E-state index is -3.87. The van der Waals surface area contributed by atoms with Crippen LogP contribution in [0.15, 0.2) is 83.8 Å². The molecular formula is C33H35NO6S. The fraction of sp³-hybridized carbons (Fsp3) is 0.394. The summed E-state index contributed by atoms with van der Waals surface area (Å²) in [5, 5.41) is 9.39. The third-order valence-electron chi connectivity index (χ3n) is 9.35. The molecule has 0 spiro atoms. The fourth-order valence-electron chi connectivity index (χ4n) is 7.23. The molecule has 2 aliphatic carbocycles. The monoisotopic (exact) mass is 573 g/mol. The molecule has 1 N–H and O–H groups in total. The number of carbonyl (C=O) groups excluding carboxylic acids is 1. The average Bonchev–Trinajstić information content (AvgIpc) is 3.42. The zero-order chi connectivity index (χ0) is 28.6. The van der Waals surface area contributed by atoms with Gasteiger partial charge in [0.15, 0.2) is 9.84 Å². The summed E-state index contributed by atoms with van der Waals surface area (Å²) in [4.78, 5) is 27.4. The summed E-state index contributed by atoms with van der Waals surface area (Å²) in [6.45, 7) is 0.780. The van der Waals surface area contributed by atoms with Crippen molar-refractivity contribution in [3.8, 4) is 5.75 Å². The van der Waals surface area contributed by atoms with Crippen LogP contribution < -0.4 is 4.74 Å². The van der Waals surface area contributed by atoms with E-state index in [0.717, 1.165) is 16.7 Å². The van der Waals surface area contributed by atoms with Gasteiger partial charge < -0.3 is 14.7 Å². The maximum Gasteiger partial charge on any atom is 0.306 e. The van der Waals surface area contributed by atoms with Crippen molar-refractivity contribution in [1.29, 1.82) is 0 Å². The Bertz CT molecular complexity index is 1530. The number of rotatable bonds is 7. The highest BCUT2D eigenvalue weighted by Gasteiger charge is 2.61. The molecule has 0 radical (unpaired) electrons. The topological polar surface area (TPSA) is 101 Å². The molecule has 3 aromatic carbocycles. The number of aliphatic carboxylic acids is 1. The third-order valence-corrected chi connectivity index (χ3v) is 11.9. The molecule has 1 saturated heterocycles. The molecule has 1 heterocycles. The summed E-state index contributed by atoms with van der Waals surface area (Å²) < 4.78 is 34.0. The number of aryl methyl sites for hydroxylation is 1. The van der Waals surface area contributed by atoms with Crippen LogP contribution >= 0.6 is 0 Å². The van der Waals surface area contributed by atoms with E-state index in [1.807, 2.05) is 53.4 Å². The van der Waals surface area contributed by atoms with E-state index in [4.69, 9.17) is 4.74 Å². The third kappa shape index (κ3) is 4.82. The van der Waals surface area contributed by atoms with Gasteiger partial charge in [0.05, 0.1) is 16.9 Å². The van der Waals surface area contributed by atoms with Gasteiger partial charge in [0, 0.05) is 12.5 Å². The van der Waals surface area contributed by atoms with Crippen molar-refractivity contribution in [2.24, 2.45) is 11.8 Å². The summed E-state index contributed by atoms with van der Waals surface area (Å²) in [6.07, 6.45) is 3.51. The number of carboxylic acid groups (broad SMARTS) is 1. The van der Waals surface area contributed by atoms with E-state index in [0.29, 0.717) is 63.8 Å². The minimum absolute atomic E-state index is 0.0322. The quantitative estimate of drug-likeness (QED) is 0.408. The van der Waals surface area contributed by atoms with Gasteiger partial charge in [-0.1, -0.05) is 54.6 Å². The minimum Gasteiger partial charge on any atom is -0.489 e. The summed E-state index contributed by atoms with van der Waals surface area (Å²) in [6, 6.07) is 23.7. The van der Waals surface area contributed by atoms with E-state index < -0.39 is 32.5 Å². The molecule has 41 heavy (non-hydrogen) atoms. The number of amides is 1. The van der Waals surface area contributed by atoms with Crippen LogP contribution in [0.4, 0.5) is 0 Å². The first-order valence-corrected chi connectivity index (χ1v) is 15.9. The van der Waals surface area contributed by atoms with Crippen LogP contribution in [-0.4, -0.2) is 42.9 Å². The van der Waals surface area contributed by atoms with Crippen LogP contribution in [0.25, 0.3) is 0 Å². The average molecular weight is 574 g/mol. The van der Waals surface area contributed by atoms with Crippen LogP contribution in [0, 0.1) is 11.8 Å². The molecule has 1 saturated carbocycles. The summed E-state index contributed by atoms with van der Waals surface area (Å²) in [7, 11) is -3.87. The van der Waals surface area contributed by atoms with Crippen molar-refractivity contribution in [3.05, 3.63) is 95.6 Å². The molecule has 3 aliphatic rings. The van der Waals surface area contributed by atoms with E-state index >= 15 is 0 Å². The lowest BCUT2D eigenvalue weighted by Crippen LogP contribution is -2.53. The second-order valence-electron chi connectivity index (χ2n) is 11.5. The second-order valence-corrected chi connectivity index (χ2v) is 13.7. The molecule has 1 amide bonds. The van der Waals surface area contributed by atoms with Crippen LogP contribution in [0.3, 0.4) is 0 Å². The molecule has 2 fully saturated rings. The lowest BCUT2D eigenvalue weighted by Gasteiger charge is -2.43. The lowest BCUT2D eigenvalue weighted by molar-refractivity contribution is -0.146. The summed E-state index contributed by atoms with van der Waals surface area (Å²) in [5.41, 5.74) is 2.76. The smallest absolute Gasteiger partial charge is 0.306 e. The molecule has 1 aliphatic heterocycles. The number of carboxylic acids is 1. The van der Waals surface area contributed by atoms with Crippen LogP contribution in [0.5, 0.6) is 5.75 Å². The zero-order valence-corrected chi connectivity index (χ0v) is 23.8. The van der Waals surface area contributed by atoms with Crippen molar-refractivity contribution < 1.29 is 27.9 Å². The Morgan fingerprint density at radius 2 is 1.54 bits per heavy atom. The second kappa shape index (κ2) is 11.0. The molecule has 0 aromatic heterocycles. The van der Waals surface area contributed by atoms with Gasteiger partial charge in [-0.15, -0.1) is 0 Å². The lowest BCUT2D eigenvalue weighted by atomic mass is 9.77. The molecule has 6 rings (SSSR count). The van der Waals surface area contributed by atoms with Gasteiger partial charge >= 0.3 is 5.97 Å². The number of fused-ring (bicyclic) bond motifs is 3. The molecule has 2 atom stereocenters. The largest absolute Gasteiger partial charge is 0.489 e. The summed E-state index contributed by atoms with van der Waals surface area (Å²) in [5.74, 6) is -0.818. The molecular weight excluding hydrogens is 538 g/mol. The highest BCUT2D eigenvalue weighted by Crippen LogP contribution is 2.53. The maximum absolute atomic E-state index is 14.6. The van der Waals surface area contributed by atoms with Crippen LogP contribution in [-0.2, 0) is 37.2 Å². The highest BCUT2D eigenvalue weighted by atomic mass is 32.2. The van der Waals surface area contributed by atoms with Crippen molar-refractivity contribution >= 4 is 21.7 Å². The molecule has 3 aromatic rings. The van der Waals surface area contributed by atoms with Gasteiger partial charge in [-0.05, 0) is 85.9 Å². The number of ether oxygens (including phenoxy) is 1. The van der Waals surface area contributed by atoms with Gasteiger partial charge in [0.1, 0.15) is 17.1 Å². The fourth-order valence-corrected chi connectivity index (χ4v) is 9.62. The Balaban J connectivity index is 1.34. The van der Waals surface area contributed by atoms with Crippen LogP contribution in [0.1, 0.15) is 55.2 Å². The van der Waals surface area contributed by atoms with Gasteiger partial charge in [-0.2, -0.15) is 0 Å². The first-order valence-electron chi connectivity index (χ1n) is 14.4. The van der Waals surface area contributed by atoms with E-state index in [2.05, 4.69) is 0 Å². The van der Waals surface area contributed by atoms with E-state index in [1.165, 1.54) is 0 Å². The standard InChI is InChI=1S/C33H35NO6S/c35-31(24-11-13-25(14-12-24)32(36)37)34-20-19-33(41(38,39)28-9-5-2-6-10-28)29-17-16-27(21-26(29)15-18-30(33)34)40-22-23-7-3-1-4-8-23/h1-10,16-17,21,24-25,30H,11-15,18-20,22H2,(H,36,37)/t24?,25?,30-,33-/m1/s1. The number of hydrogen-bond acceptors (Lipinski definition) is 5. The number of sulfone groups is 1. The van der Waals surface area contributed by atoms with Crippen molar-refractivity contribution in [1.82, 2.24) is 4.90 Å². The van der Waals surface area contributed by atoms with Gasteiger partial charge in [-0.25, -0.2) is 8.42 Å². The van der Waals surface area contributed by atoms with Gasteiger partial charge in [-0.3, -0.25) is 9.59 Å². The van der Waals surface area contributed by atoms with E-state index in [1.54, 1.807) is 30.3 Å². The van der Waals surface area contributed by atoms with Crippen LogP contribution in [0.2, 0.25) is 0 Å². The Hall–Kier alpha value is -3.65. The Morgan fingerprint density at radius 3 is 2.22 bits per heavy atom. The van der Waals surface area contributed by atoms with Gasteiger partial charge in [0.2, 0.25) is 5.91 Å². The van der Waals surface area contributed by atoms with E-state index in [9.17, 15) is 23.1 Å². The Kier molecular flexibility index (Phi) is 7.36. The molecule has 214 valence electrons. The number of hydrogen-bond donors (Lipinski definition) is 1. The Labute approximate surface area is 241 Å². The van der Waals surface area contributed by atoms with E-state index in [-0.39, 0.29) is 16.7 Å². The number of benzene rings is 3. The predicted molar refractivity (Wildman–Crippen MR) is 154 cm³/mol. The van der Waals surface area contributed by atoms with Crippen molar-refractivity contribution in [2.45, 2.75) is 67.2 Å². The zero-order valence-electron chi connectivity index (χ0n) is 22.9.